The Kier molecular flexibility index (Phi) is 2.93. The van der Waals surface area contributed by atoms with Crippen LogP contribution in [0.15, 0.2) is 6.07 Å². The molecule has 0 atom stereocenters. The maximum absolute atomic E-state index is 10.8. The predicted octanol–water partition coefficient (Wildman–Crippen LogP) is 2.05. The van der Waals surface area contributed by atoms with E-state index in [1.807, 2.05) is 19.9 Å². The summed E-state index contributed by atoms with van der Waals surface area (Å²) in [5.74, 6) is 0.378. The van der Waals surface area contributed by atoms with Gasteiger partial charge in [-0.3, -0.25) is 4.79 Å². The van der Waals surface area contributed by atoms with Crippen LogP contribution in [0.4, 0.5) is 0 Å². The number of rotatable bonds is 2. The van der Waals surface area contributed by atoms with Crippen LogP contribution in [0.3, 0.4) is 0 Å². The van der Waals surface area contributed by atoms with Crippen LogP contribution in [-0.2, 0) is 0 Å². The Morgan fingerprint density at radius 1 is 1.24 bits per heavy atom. The molecule has 0 radical (unpaired) electrons. The minimum atomic E-state index is 0.238. The van der Waals surface area contributed by atoms with Crippen molar-refractivity contribution in [3.05, 3.63) is 33.9 Å². The highest BCUT2D eigenvalue weighted by Gasteiger charge is 2.15. The number of halogens is 1. The summed E-state index contributed by atoms with van der Waals surface area (Å²) in [6, 6.07) is 1.86. The molecule has 0 N–H and O–H groups in total. The zero-order valence-corrected chi connectivity index (χ0v) is 10.5. The molecule has 0 aliphatic heterocycles. The quantitative estimate of drug-likeness (QED) is 0.766. The molecule has 2 heterocycles. The molecule has 0 amide bonds. The van der Waals surface area contributed by atoms with Gasteiger partial charge >= 0.3 is 0 Å². The van der Waals surface area contributed by atoms with Gasteiger partial charge in [-0.2, -0.15) is 9.78 Å². The summed E-state index contributed by atoms with van der Waals surface area (Å²) in [7, 11) is 0. The van der Waals surface area contributed by atoms with Crippen molar-refractivity contribution < 1.29 is 4.79 Å². The van der Waals surface area contributed by atoms with Gasteiger partial charge in [-0.05, 0) is 26.8 Å². The lowest BCUT2D eigenvalue weighted by atomic mass is 10.3. The molecule has 2 aromatic heterocycles. The van der Waals surface area contributed by atoms with Gasteiger partial charge in [0, 0.05) is 11.4 Å². The molecule has 17 heavy (non-hydrogen) atoms. The van der Waals surface area contributed by atoms with E-state index >= 15 is 0 Å². The lowest BCUT2D eigenvalue weighted by Crippen LogP contribution is -2.05. The van der Waals surface area contributed by atoms with Crippen molar-refractivity contribution in [3.63, 3.8) is 0 Å². The second-order valence-electron chi connectivity index (χ2n) is 3.77. The van der Waals surface area contributed by atoms with Gasteiger partial charge in [-0.1, -0.05) is 11.6 Å². The molecule has 0 aromatic carbocycles. The first-order valence-electron chi connectivity index (χ1n) is 5.06. The molecule has 0 aliphatic rings. The summed E-state index contributed by atoms with van der Waals surface area (Å²) in [4.78, 5) is 19.3. The zero-order valence-electron chi connectivity index (χ0n) is 9.73. The lowest BCUT2D eigenvalue weighted by Gasteiger charge is -2.03. The Morgan fingerprint density at radius 3 is 2.29 bits per heavy atom. The first-order chi connectivity index (χ1) is 8.02. The van der Waals surface area contributed by atoms with E-state index in [9.17, 15) is 4.79 Å². The van der Waals surface area contributed by atoms with Crippen LogP contribution >= 0.6 is 11.6 Å². The standard InChI is InChI=1S/C11H11ClN4O/c1-6-4-7(2)14-11(13-6)16-10(12)9(5-17)8(3)15-16/h4-5H,1-3H3. The van der Waals surface area contributed by atoms with E-state index in [2.05, 4.69) is 15.1 Å². The van der Waals surface area contributed by atoms with Crippen molar-refractivity contribution in [1.82, 2.24) is 19.7 Å². The van der Waals surface area contributed by atoms with Crippen LogP contribution in [-0.4, -0.2) is 26.0 Å². The molecule has 0 saturated heterocycles. The topological polar surface area (TPSA) is 60.7 Å². The normalized spacial score (nSPS) is 10.6. The Bertz CT molecular complexity index is 571. The van der Waals surface area contributed by atoms with E-state index < -0.39 is 0 Å². The van der Waals surface area contributed by atoms with Crippen LogP contribution < -0.4 is 0 Å². The molecule has 2 aromatic rings. The van der Waals surface area contributed by atoms with Gasteiger partial charge < -0.3 is 0 Å². The predicted molar refractivity (Wildman–Crippen MR) is 63.8 cm³/mol. The number of aldehydes is 1. The molecule has 0 saturated carbocycles. The SMILES string of the molecule is Cc1cc(C)nc(-n2nc(C)c(C=O)c2Cl)n1. The zero-order chi connectivity index (χ0) is 12.6. The van der Waals surface area contributed by atoms with Gasteiger partial charge in [0.1, 0.15) is 5.15 Å². The van der Waals surface area contributed by atoms with Gasteiger partial charge in [-0.15, -0.1) is 0 Å². The van der Waals surface area contributed by atoms with Gasteiger partial charge in [0.15, 0.2) is 6.29 Å². The Morgan fingerprint density at radius 2 is 1.82 bits per heavy atom. The van der Waals surface area contributed by atoms with Crippen molar-refractivity contribution in [2.24, 2.45) is 0 Å². The van der Waals surface area contributed by atoms with E-state index in [0.29, 0.717) is 23.5 Å². The molecule has 0 unspecified atom stereocenters. The second kappa shape index (κ2) is 4.25. The minimum Gasteiger partial charge on any atom is -0.298 e. The van der Waals surface area contributed by atoms with Crippen molar-refractivity contribution in [2.45, 2.75) is 20.8 Å². The minimum absolute atomic E-state index is 0.238. The van der Waals surface area contributed by atoms with Crippen LogP contribution in [0, 0.1) is 20.8 Å². The number of carbonyl (C=O) groups is 1. The second-order valence-corrected chi connectivity index (χ2v) is 4.13. The van der Waals surface area contributed by atoms with E-state index in [1.165, 1.54) is 4.68 Å². The Labute approximate surface area is 103 Å². The molecule has 0 bridgehead atoms. The van der Waals surface area contributed by atoms with Crippen molar-refractivity contribution >= 4 is 17.9 Å². The molecular formula is C11H11ClN4O. The summed E-state index contributed by atoms with van der Waals surface area (Å²) in [6.07, 6.45) is 0.684. The fourth-order valence-electron chi connectivity index (χ4n) is 1.58. The Balaban J connectivity index is 2.64. The average Bonchev–Trinajstić information content (AvgIpc) is 2.52. The number of aryl methyl sites for hydroxylation is 3. The third-order valence-electron chi connectivity index (χ3n) is 2.33. The molecule has 0 spiro atoms. The van der Waals surface area contributed by atoms with Crippen molar-refractivity contribution in [2.75, 3.05) is 0 Å². The number of nitrogens with zero attached hydrogens (tertiary/aromatic N) is 4. The highest BCUT2D eigenvalue weighted by Crippen LogP contribution is 2.20. The number of carbonyl (C=O) groups excluding carboxylic acids is 1. The third kappa shape index (κ3) is 2.06. The van der Waals surface area contributed by atoms with E-state index in [0.717, 1.165) is 11.4 Å². The fraction of sp³-hybridized carbons (Fsp3) is 0.273. The smallest absolute Gasteiger partial charge is 0.252 e. The summed E-state index contributed by atoms with van der Waals surface area (Å²) in [5, 5.41) is 4.40. The van der Waals surface area contributed by atoms with Gasteiger partial charge in [0.05, 0.1) is 11.3 Å². The van der Waals surface area contributed by atoms with E-state index in [4.69, 9.17) is 11.6 Å². The third-order valence-corrected chi connectivity index (χ3v) is 2.69. The first-order valence-corrected chi connectivity index (χ1v) is 5.43. The molecule has 2 rings (SSSR count). The van der Waals surface area contributed by atoms with E-state index in [-0.39, 0.29) is 5.15 Å². The molecule has 0 fully saturated rings. The maximum Gasteiger partial charge on any atom is 0.252 e. The molecular weight excluding hydrogens is 240 g/mol. The fourth-order valence-corrected chi connectivity index (χ4v) is 1.87. The van der Waals surface area contributed by atoms with E-state index in [1.54, 1.807) is 6.92 Å². The summed E-state index contributed by atoms with van der Waals surface area (Å²) in [6.45, 7) is 5.45. The van der Waals surface area contributed by atoms with Crippen LogP contribution in [0.5, 0.6) is 0 Å². The lowest BCUT2D eigenvalue weighted by molar-refractivity contribution is 0.112. The van der Waals surface area contributed by atoms with Crippen LogP contribution in [0.25, 0.3) is 5.95 Å². The average molecular weight is 251 g/mol. The largest absolute Gasteiger partial charge is 0.298 e. The van der Waals surface area contributed by atoms with Gasteiger partial charge in [0.2, 0.25) is 0 Å². The van der Waals surface area contributed by atoms with Crippen LogP contribution in [0.1, 0.15) is 27.4 Å². The highest BCUT2D eigenvalue weighted by atomic mass is 35.5. The molecule has 5 nitrogen and oxygen atoms in total. The molecule has 0 aliphatic carbocycles. The van der Waals surface area contributed by atoms with Gasteiger partial charge in [0.25, 0.3) is 5.95 Å². The highest BCUT2D eigenvalue weighted by molar-refractivity contribution is 6.32. The Hall–Kier alpha value is -1.75. The van der Waals surface area contributed by atoms with Crippen LogP contribution in [0.2, 0.25) is 5.15 Å². The number of hydrogen-bond acceptors (Lipinski definition) is 4. The maximum atomic E-state index is 10.8. The number of hydrogen-bond donors (Lipinski definition) is 0. The monoisotopic (exact) mass is 250 g/mol. The number of aromatic nitrogens is 4. The van der Waals surface area contributed by atoms with Crippen molar-refractivity contribution in [3.8, 4) is 5.95 Å². The first kappa shape index (κ1) is 11.7. The summed E-state index contributed by atoms with van der Waals surface area (Å²) in [5.41, 5.74) is 2.58. The van der Waals surface area contributed by atoms with Gasteiger partial charge in [-0.25, -0.2) is 9.97 Å². The summed E-state index contributed by atoms with van der Waals surface area (Å²) < 4.78 is 1.38. The molecule has 88 valence electrons. The molecule has 6 heteroatoms. The summed E-state index contributed by atoms with van der Waals surface area (Å²) >= 11 is 6.06. The van der Waals surface area contributed by atoms with Crippen molar-refractivity contribution in [1.29, 1.82) is 0 Å².